The van der Waals surface area contributed by atoms with Crippen molar-refractivity contribution < 1.29 is 18.0 Å². The van der Waals surface area contributed by atoms with Gasteiger partial charge in [-0.3, -0.25) is 19.4 Å². The Balaban J connectivity index is 1.65. The predicted octanol–water partition coefficient (Wildman–Crippen LogP) is -0.405. The molecule has 0 aromatic heterocycles. The van der Waals surface area contributed by atoms with Gasteiger partial charge in [-0.1, -0.05) is 12.1 Å². The van der Waals surface area contributed by atoms with Gasteiger partial charge in [0.05, 0.1) is 24.2 Å². The second-order valence-corrected chi connectivity index (χ2v) is 7.94. The van der Waals surface area contributed by atoms with E-state index in [-0.39, 0.29) is 30.9 Å². The van der Waals surface area contributed by atoms with Gasteiger partial charge in [0.15, 0.2) is 0 Å². The third kappa shape index (κ3) is 3.92. The SMILES string of the molecule is CS(=O)(=O)NC1CCN(CC(=O)N2CC(=O)Nc3ccccc32)C1. The number of carbonyl (C=O) groups is 2. The number of hydrogen-bond acceptors (Lipinski definition) is 5. The maximum Gasteiger partial charge on any atom is 0.244 e. The van der Waals surface area contributed by atoms with Crippen molar-refractivity contribution in [2.45, 2.75) is 12.5 Å². The van der Waals surface area contributed by atoms with Crippen LogP contribution in [0.4, 0.5) is 11.4 Å². The van der Waals surface area contributed by atoms with Gasteiger partial charge in [0.2, 0.25) is 21.8 Å². The van der Waals surface area contributed by atoms with Gasteiger partial charge in [-0.15, -0.1) is 0 Å². The Morgan fingerprint density at radius 3 is 2.88 bits per heavy atom. The first-order valence-electron chi connectivity index (χ1n) is 7.71. The second-order valence-electron chi connectivity index (χ2n) is 6.16. The Morgan fingerprint density at radius 2 is 2.12 bits per heavy atom. The monoisotopic (exact) mass is 352 g/mol. The van der Waals surface area contributed by atoms with E-state index < -0.39 is 10.0 Å². The van der Waals surface area contributed by atoms with Crippen molar-refractivity contribution in [3.05, 3.63) is 24.3 Å². The topological polar surface area (TPSA) is 98.8 Å². The van der Waals surface area contributed by atoms with Crippen molar-refractivity contribution in [1.82, 2.24) is 9.62 Å². The highest BCUT2D eigenvalue weighted by molar-refractivity contribution is 7.88. The highest BCUT2D eigenvalue weighted by Crippen LogP contribution is 2.29. The second kappa shape index (κ2) is 6.50. The first-order chi connectivity index (χ1) is 11.3. The molecule has 24 heavy (non-hydrogen) atoms. The normalized spacial score (nSPS) is 21.5. The van der Waals surface area contributed by atoms with E-state index in [0.29, 0.717) is 30.9 Å². The quantitative estimate of drug-likeness (QED) is 0.768. The zero-order chi connectivity index (χ0) is 17.3. The Hall–Kier alpha value is -1.97. The minimum absolute atomic E-state index is 0.00525. The number of nitrogens with zero attached hydrogens (tertiary/aromatic N) is 2. The first kappa shape index (κ1) is 16.9. The fourth-order valence-corrected chi connectivity index (χ4v) is 3.91. The van der Waals surface area contributed by atoms with Crippen LogP contribution < -0.4 is 14.9 Å². The van der Waals surface area contributed by atoms with Crippen molar-refractivity contribution in [2.24, 2.45) is 0 Å². The number of sulfonamides is 1. The molecule has 0 saturated carbocycles. The summed E-state index contributed by atoms with van der Waals surface area (Å²) < 4.78 is 25.1. The Bertz CT molecular complexity index is 764. The molecule has 1 fully saturated rings. The third-order valence-corrected chi connectivity index (χ3v) is 4.85. The molecule has 1 atom stereocenters. The van der Waals surface area contributed by atoms with Crippen molar-refractivity contribution in [3.8, 4) is 0 Å². The average molecular weight is 352 g/mol. The van der Waals surface area contributed by atoms with Gasteiger partial charge in [0.1, 0.15) is 6.54 Å². The predicted molar refractivity (Wildman–Crippen MR) is 90.2 cm³/mol. The van der Waals surface area contributed by atoms with Crippen molar-refractivity contribution in [2.75, 3.05) is 42.7 Å². The zero-order valence-corrected chi connectivity index (χ0v) is 14.2. The van der Waals surface area contributed by atoms with Crippen LogP contribution in [0.1, 0.15) is 6.42 Å². The summed E-state index contributed by atoms with van der Waals surface area (Å²) in [6.45, 7) is 1.28. The van der Waals surface area contributed by atoms with E-state index in [9.17, 15) is 18.0 Å². The van der Waals surface area contributed by atoms with Crippen LogP contribution in [0.15, 0.2) is 24.3 Å². The summed E-state index contributed by atoms with van der Waals surface area (Å²) in [7, 11) is -3.25. The molecule has 0 spiro atoms. The molecule has 0 aliphatic carbocycles. The van der Waals surface area contributed by atoms with Gasteiger partial charge in [-0.2, -0.15) is 0 Å². The number of rotatable bonds is 4. The van der Waals surface area contributed by atoms with Crippen LogP contribution in [0.25, 0.3) is 0 Å². The minimum atomic E-state index is -3.25. The van der Waals surface area contributed by atoms with Gasteiger partial charge in [-0.25, -0.2) is 13.1 Å². The van der Waals surface area contributed by atoms with Crippen LogP contribution in [0.2, 0.25) is 0 Å². The number of hydrogen-bond donors (Lipinski definition) is 2. The molecule has 3 rings (SSSR count). The molecule has 1 saturated heterocycles. The van der Waals surface area contributed by atoms with Gasteiger partial charge in [0, 0.05) is 19.1 Å². The number of likely N-dealkylation sites (tertiary alicyclic amines) is 1. The first-order valence-corrected chi connectivity index (χ1v) is 9.60. The number of anilines is 2. The number of fused-ring (bicyclic) bond motifs is 1. The molecule has 2 aliphatic heterocycles. The van der Waals surface area contributed by atoms with Crippen LogP contribution in [0.5, 0.6) is 0 Å². The highest BCUT2D eigenvalue weighted by atomic mass is 32.2. The van der Waals surface area contributed by atoms with Gasteiger partial charge >= 0.3 is 0 Å². The van der Waals surface area contributed by atoms with Crippen LogP contribution in [0.3, 0.4) is 0 Å². The van der Waals surface area contributed by atoms with Gasteiger partial charge < -0.3 is 5.32 Å². The molecule has 1 aromatic carbocycles. The number of nitrogens with one attached hydrogen (secondary N) is 2. The summed E-state index contributed by atoms with van der Waals surface area (Å²) in [5.74, 6) is -0.391. The van der Waals surface area contributed by atoms with E-state index in [1.807, 2.05) is 11.0 Å². The van der Waals surface area contributed by atoms with Gasteiger partial charge in [-0.05, 0) is 18.6 Å². The van der Waals surface area contributed by atoms with Gasteiger partial charge in [0.25, 0.3) is 0 Å². The molecule has 8 nitrogen and oxygen atoms in total. The maximum absolute atomic E-state index is 12.6. The molecule has 1 aromatic rings. The third-order valence-electron chi connectivity index (χ3n) is 4.08. The lowest BCUT2D eigenvalue weighted by atomic mass is 10.2. The highest BCUT2D eigenvalue weighted by Gasteiger charge is 2.30. The summed E-state index contributed by atoms with van der Waals surface area (Å²) in [6, 6.07) is 7.00. The molecule has 0 radical (unpaired) electrons. The molecule has 2 aliphatic rings. The summed E-state index contributed by atoms with van der Waals surface area (Å²) in [6.07, 6.45) is 1.79. The lowest BCUT2D eigenvalue weighted by molar-refractivity contribution is -0.122. The van der Waals surface area contributed by atoms with Crippen LogP contribution >= 0.6 is 0 Å². The van der Waals surface area contributed by atoms with E-state index in [2.05, 4.69) is 10.0 Å². The standard InChI is InChI=1S/C15H20N4O4S/c1-24(22,23)17-11-6-7-18(8-11)10-15(21)19-9-14(20)16-12-4-2-3-5-13(12)19/h2-5,11,17H,6-10H2,1H3,(H,16,20). The molecule has 1 unspecified atom stereocenters. The van der Waals surface area contributed by atoms with E-state index in [0.717, 1.165) is 6.26 Å². The van der Waals surface area contributed by atoms with Crippen LogP contribution in [-0.4, -0.2) is 63.6 Å². The van der Waals surface area contributed by atoms with E-state index in [1.165, 1.54) is 4.90 Å². The summed E-state index contributed by atoms with van der Waals surface area (Å²) >= 11 is 0. The number of para-hydroxylation sites is 2. The molecule has 9 heteroatoms. The Morgan fingerprint density at radius 1 is 1.38 bits per heavy atom. The average Bonchev–Trinajstić information content (AvgIpc) is 2.91. The van der Waals surface area contributed by atoms with E-state index >= 15 is 0 Å². The summed E-state index contributed by atoms with van der Waals surface area (Å²) in [5, 5.41) is 2.75. The van der Waals surface area contributed by atoms with Crippen LogP contribution in [-0.2, 0) is 19.6 Å². The smallest absolute Gasteiger partial charge is 0.244 e. The van der Waals surface area contributed by atoms with Crippen molar-refractivity contribution in [1.29, 1.82) is 0 Å². The lowest BCUT2D eigenvalue weighted by Crippen LogP contribution is -2.46. The molecule has 2 amide bonds. The fourth-order valence-electron chi connectivity index (χ4n) is 3.11. The minimum Gasteiger partial charge on any atom is -0.323 e. The summed E-state index contributed by atoms with van der Waals surface area (Å²) in [4.78, 5) is 27.8. The lowest BCUT2D eigenvalue weighted by Gasteiger charge is -2.30. The number of carbonyl (C=O) groups excluding carboxylic acids is 2. The van der Waals surface area contributed by atoms with Crippen LogP contribution in [0, 0.1) is 0 Å². The van der Waals surface area contributed by atoms with E-state index in [4.69, 9.17) is 0 Å². The Labute approximate surface area is 140 Å². The molecule has 2 heterocycles. The van der Waals surface area contributed by atoms with Crippen molar-refractivity contribution >= 4 is 33.2 Å². The molecule has 130 valence electrons. The zero-order valence-electron chi connectivity index (χ0n) is 13.4. The van der Waals surface area contributed by atoms with E-state index in [1.54, 1.807) is 18.2 Å². The van der Waals surface area contributed by atoms with Crippen molar-refractivity contribution in [3.63, 3.8) is 0 Å². The number of amides is 2. The molecular formula is C15H20N4O4S. The fraction of sp³-hybridized carbons (Fsp3) is 0.467. The molecule has 0 bridgehead atoms. The molecule has 2 N–H and O–H groups in total. The largest absolute Gasteiger partial charge is 0.323 e. The molecular weight excluding hydrogens is 332 g/mol. The summed E-state index contributed by atoms with van der Waals surface area (Å²) in [5.41, 5.74) is 1.31. The number of benzene rings is 1. The maximum atomic E-state index is 12.6. The Kier molecular flexibility index (Phi) is 4.57.